The van der Waals surface area contributed by atoms with Crippen LogP contribution < -0.4 is 0 Å². The van der Waals surface area contributed by atoms with E-state index in [0.29, 0.717) is 0 Å². The molecule has 0 aromatic carbocycles. The molecule has 0 unspecified atom stereocenters. The Kier molecular flexibility index (Phi) is 4.80. The topological polar surface area (TPSA) is 0 Å². The van der Waals surface area contributed by atoms with Gasteiger partial charge in [-0.3, -0.25) is 0 Å². The van der Waals surface area contributed by atoms with Crippen LogP contribution in [0.25, 0.3) is 0 Å². The SMILES string of the molecule is CCc1c(C)sc(C)c1Sc1c(C)sc(C)c1CC. The Morgan fingerprint density at radius 1 is 0.684 bits per heavy atom. The smallest absolute Gasteiger partial charge is 0.0293 e. The van der Waals surface area contributed by atoms with Crippen molar-refractivity contribution in [2.24, 2.45) is 0 Å². The first kappa shape index (κ1) is 15.1. The number of thiophene rings is 2. The normalized spacial score (nSPS) is 11.3. The molecular weight excluding hydrogens is 288 g/mol. The maximum atomic E-state index is 2.27. The van der Waals surface area contributed by atoms with Crippen molar-refractivity contribution in [3.63, 3.8) is 0 Å². The Hall–Kier alpha value is -0.250. The van der Waals surface area contributed by atoms with E-state index < -0.39 is 0 Å². The quantitative estimate of drug-likeness (QED) is 0.636. The summed E-state index contributed by atoms with van der Waals surface area (Å²) in [5.41, 5.74) is 3.11. The van der Waals surface area contributed by atoms with E-state index in [9.17, 15) is 0 Å². The number of hydrogen-bond donors (Lipinski definition) is 0. The summed E-state index contributed by atoms with van der Waals surface area (Å²) in [5.74, 6) is 0. The molecule has 3 heteroatoms. The molecule has 0 bridgehead atoms. The fraction of sp³-hybridized carbons (Fsp3) is 0.500. The van der Waals surface area contributed by atoms with Crippen LogP contribution >= 0.6 is 34.4 Å². The highest BCUT2D eigenvalue weighted by Gasteiger charge is 2.18. The van der Waals surface area contributed by atoms with Crippen molar-refractivity contribution in [2.75, 3.05) is 0 Å². The van der Waals surface area contributed by atoms with E-state index in [2.05, 4.69) is 41.5 Å². The summed E-state index contributed by atoms with van der Waals surface area (Å²) in [6.07, 6.45) is 2.28. The van der Waals surface area contributed by atoms with Crippen LogP contribution in [0.15, 0.2) is 9.79 Å². The van der Waals surface area contributed by atoms with Crippen molar-refractivity contribution in [2.45, 2.75) is 64.2 Å². The van der Waals surface area contributed by atoms with Gasteiger partial charge in [0.2, 0.25) is 0 Å². The highest BCUT2D eigenvalue weighted by Crippen LogP contribution is 2.44. The summed E-state index contributed by atoms with van der Waals surface area (Å²) in [4.78, 5) is 8.96. The van der Waals surface area contributed by atoms with Gasteiger partial charge in [0.1, 0.15) is 0 Å². The van der Waals surface area contributed by atoms with Gasteiger partial charge in [-0.05, 0) is 51.7 Å². The second-order valence-corrected chi connectivity index (χ2v) is 8.73. The Balaban J connectivity index is 2.47. The van der Waals surface area contributed by atoms with Gasteiger partial charge in [-0.25, -0.2) is 0 Å². The standard InChI is InChI=1S/C16H22S3/c1-7-13-9(3)17-11(5)15(13)19-16-12(6)18-10(4)14(16)8-2/h7-8H2,1-6H3. The Labute approximate surface area is 129 Å². The van der Waals surface area contributed by atoms with Crippen molar-refractivity contribution in [1.29, 1.82) is 0 Å². The molecule has 0 spiro atoms. The zero-order valence-electron chi connectivity index (χ0n) is 12.6. The lowest BCUT2D eigenvalue weighted by Gasteiger charge is -2.07. The lowest BCUT2D eigenvalue weighted by molar-refractivity contribution is 1.06. The van der Waals surface area contributed by atoms with E-state index >= 15 is 0 Å². The van der Waals surface area contributed by atoms with E-state index in [1.165, 1.54) is 29.3 Å². The van der Waals surface area contributed by atoms with Gasteiger partial charge in [-0.2, -0.15) is 0 Å². The van der Waals surface area contributed by atoms with Gasteiger partial charge in [0, 0.05) is 29.3 Å². The molecule has 0 radical (unpaired) electrons. The monoisotopic (exact) mass is 310 g/mol. The van der Waals surface area contributed by atoms with Crippen LogP contribution in [0.4, 0.5) is 0 Å². The van der Waals surface area contributed by atoms with Crippen LogP contribution in [0.1, 0.15) is 44.5 Å². The van der Waals surface area contributed by atoms with Crippen LogP contribution in [0, 0.1) is 27.7 Å². The summed E-state index contributed by atoms with van der Waals surface area (Å²) in [6, 6.07) is 0. The molecule has 0 N–H and O–H groups in total. The fourth-order valence-corrected chi connectivity index (χ4v) is 6.66. The molecule has 0 aliphatic rings. The maximum Gasteiger partial charge on any atom is 0.0293 e. The largest absolute Gasteiger partial charge is 0.144 e. The first-order valence-corrected chi connectivity index (χ1v) is 9.30. The second kappa shape index (κ2) is 6.02. The average Bonchev–Trinajstić information content (AvgIpc) is 2.77. The third-order valence-corrected chi connectivity index (χ3v) is 7.46. The second-order valence-electron chi connectivity index (χ2n) is 4.85. The number of aryl methyl sites for hydroxylation is 4. The Bertz CT molecular complexity index is 535. The summed E-state index contributed by atoms with van der Waals surface area (Å²) in [5, 5.41) is 0. The van der Waals surface area contributed by atoms with Gasteiger partial charge in [-0.1, -0.05) is 25.6 Å². The summed E-state index contributed by atoms with van der Waals surface area (Å²) < 4.78 is 0. The van der Waals surface area contributed by atoms with Crippen LogP contribution in [0.2, 0.25) is 0 Å². The molecule has 0 aliphatic carbocycles. The lowest BCUT2D eigenvalue weighted by atomic mass is 10.2. The molecule has 0 nitrogen and oxygen atoms in total. The molecule has 2 aromatic rings. The molecule has 0 amide bonds. The predicted molar refractivity (Wildman–Crippen MR) is 90.5 cm³/mol. The maximum absolute atomic E-state index is 2.27. The van der Waals surface area contributed by atoms with Gasteiger partial charge >= 0.3 is 0 Å². The van der Waals surface area contributed by atoms with Crippen molar-refractivity contribution in [3.8, 4) is 0 Å². The van der Waals surface area contributed by atoms with Crippen LogP contribution in [0.5, 0.6) is 0 Å². The fourth-order valence-electron chi connectivity index (χ4n) is 2.61. The average molecular weight is 311 g/mol. The van der Waals surface area contributed by atoms with E-state index in [-0.39, 0.29) is 0 Å². The first-order chi connectivity index (χ1) is 8.99. The Morgan fingerprint density at radius 3 is 1.37 bits per heavy atom. The minimum atomic E-state index is 1.14. The highest BCUT2D eigenvalue weighted by molar-refractivity contribution is 7.99. The van der Waals surface area contributed by atoms with Crippen molar-refractivity contribution >= 4 is 34.4 Å². The first-order valence-electron chi connectivity index (χ1n) is 6.85. The molecular formula is C16H22S3. The third kappa shape index (κ3) is 2.79. The van der Waals surface area contributed by atoms with Crippen LogP contribution in [-0.4, -0.2) is 0 Å². The summed E-state index contributed by atoms with van der Waals surface area (Å²) in [6.45, 7) is 13.6. The summed E-state index contributed by atoms with van der Waals surface area (Å²) >= 11 is 5.90. The third-order valence-electron chi connectivity index (χ3n) is 3.56. The molecule has 2 aromatic heterocycles. The minimum absolute atomic E-state index is 1.14. The van der Waals surface area contributed by atoms with Gasteiger partial charge in [-0.15, -0.1) is 22.7 Å². The molecule has 19 heavy (non-hydrogen) atoms. The van der Waals surface area contributed by atoms with Crippen molar-refractivity contribution in [3.05, 3.63) is 30.6 Å². The zero-order valence-corrected chi connectivity index (χ0v) is 15.1. The van der Waals surface area contributed by atoms with Gasteiger partial charge in [0.15, 0.2) is 0 Å². The van der Waals surface area contributed by atoms with E-state index in [1.54, 1.807) is 11.1 Å². The van der Waals surface area contributed by atoms with Crippen LogP contribution in [0.3, 0.4) is 0 Å². The van der Waals surface area contributed by atoms with Gasteiger partial charge in [0.25, 0.3) is 0 Å². The van der Waals surface area contributed by atoms with Gasteiger partial charge < -0.3 is 0 Å². The van der Waals surface area contributed by atoms with Crippen molar-refractivity contribution in [1.82, 2.24) is 0 Å². The predicted octanol–water partition coefficient (Wildman–Crippen LogP) is 6.32. The highest BCUT2D eigenvalue weighted by atomic mass is 32.2. The van der Waals surface area contributed by atoms with E-state index in [1.807, 2.05) is 34.4 Å². The molecule has 104 valence electrons. The Morgan fingerprint density at radius 2 is 1.05 bits per heavy atom. The van der Waals surface area contributed by atoms with Gasteiger partial charge in [0.05, 0.1) is 0 Å². The lowest BCUT2D eigenvalue weighted by Crippen LogP contribution is -1.87. The molecule has 0 aliphatic heterocycles. The molecule has 0 fully saturated rings. The molecule has 0 saturated carbocycles. The molecule has 2 heterocycles. The molecule has 0 saturated heterocycles. The number of hydrogen-bond acceptors (Lipinski definition) is 3. The zero-order chi connectivity index (χ0) is 14.2. The van der Waals surface area contributed by atoms with E-state index in [0.717, 1.165) is 12.8 Å². The molecule has 2 rings (SSSR count). The van der Waals surface area contributed by atoms with Crippen molar-refractivity contribution < 1.29 is 0 Å². The minimum Gasteiger partial charge on any atom is -0.144 e. The van der Waals surface area contributed by atoms with E-state index in [4.69, 9.17) is 0 Å². The van der Waals surface area contributed by atoms with Crippen LogP contribution in [-0.2, 0) is 12.8 Å². The summed E-state index contributed by atoms with van der Waals surface area (Å²) in [7, 11) is 0. The number of rotatable bonds is 4. The molecule has 0 atom stereocenters.